The molecule has 1 atom stereocenters. The number of aliphatic hydroxyl groups excluding tert-OH is 1. The lowest BCUT2D eigenvalue weighted by Gasteiger charge is -2.11. The van der Waals surface area contributed by atoms with Gasteiger partial charge in [0.1, 0.15) is 5.56 Å². The van der Waals surface area contributed by atoms with Crippen LogP contribution in [0.4, 0.5) is 5.69 Å². The normalized spacial score (nSPS) is 11.9. The second kappa shape index (κ2) is 7.03. The SMILES string of the molecule is COCC(O)CNC(=O)c1c(Cl)cccc1[N+](=O)[O-]. The molecule has 8 heteroatoms. The molecule has 0 aliphatic rings. The molecule has 0 radical (unpaired) electrons. The highest BCUT2D eigenvalue weighted by atomic mass is 35.5. The number of hydrogen-bond donors (Lipinski definition) is 2. The van der Waals surface area contributed by atoms with Gasteiger partial charge in [-0.05, 0) is 6.07 Å². The van der Waals surface area contributed by atoms with Crippen molar-refractivity contribution < 1.29 is 19.6 Å². The Hall–Kier alpha value is -1.70. The smallest absolute Gasteiger partial charge is 0.283 e. The summed E-state index contributed by atoms with van der Waals surface area (Å²) in [6, 6.07) is 3.96. The molecule has 1 aromatic carbocycles. The van der Waals surface area contributed by atoms with E-state index in [2.05, 4.69) is 5.32 Å². The van der Waals surface area contributed by atoms with Gasteiger partial charge in [0.05, 0.1) is 22.7 Å². The van der Waals surface area contributed by atoms with E-state index in [1.54, 1.807) is 0 Å². The molecule has 0 bridgehead atoms. The summed E-state index contributed by atoms with van der Waals surface area (Å²) in [6.45, 7) is -0.0417. The average molecular weight is 289 g/mol. The van der Waals surface area contributed by atoms with Crippen molar-refractivity contribution in [1.82, 2.24) is 5.32 Å². The summed E-state index contributed by atoms with van der Waals surface area (Å²) in [4.78, 5) is 22.0. The lowest BCUT2D eigenvalue weighted by Crippen LogP contribution is -2.34. The molecule has 0 saturated heterocycles. The molecule has 0 aromatic heterocycles. The van der Waals surface area contributed by atoms with E-state index in [0.29, 0.717) is 0 Å². The number of halogens is 1. The molecule has 0 saturated carbocycles. The third-order valence-electron chi connectivity index (χ3n) is 2.27. The quantitative estimate of drug-likeness (QED) is 0.600. The molecule has 2 N–H and O–H groups in total. The molecule has 1 amide bonds. The second-order valence-electron chi connectivity index (χ2n) is 3.71. The minimum atomic E-state index is -0.893. The molecule has 1 aromatic rings. The maximum atomic E-state index is 11.8. The van der Waals surface area contributed by atoms with Crippen LogP contribution in [0.2, 0.25) is 5.02 Å². The summed E-state index contributed by atoms with van der Waals surface area (Å²) in [6.07, 6.45) is -0.893. The molecule has 1 rings (SSSR count). The fourth-order valence-corrected chi connectivity index (χ4v) is 1.70. The van der Waals surface area contributed by atoms with E-state index in [1.807, 2.05) is 0 Å². The van der Waals surface area contributed by atoms with Gasteiger partial charge in [0.15, 0.2) is 0 Å². The van der Waals surface area contributed by atoms with Crippen molar-refractivity contribution in [3.8, 4) is 0 Å². The number of nitrogens with zero attached hydrogens (tertiary/aromatic N) is 1. The van der Waals surface area contributed by atoms with Gasteiger partial charge in [0.2, 0.25) is 0 Å². The second-order valence-corrected chi connectivity index (χ2v) is 4.12. The van der Waals surface area contributed by atoms with Crippen molar-refractivity contribution in [2.45, 2.75) is 6.10 Å². The van der Waals surface area contributed by atoms with E-state index in [4.69, 9.17) is 16.3 Å². The monoisotopic (exact) mass is 288 g/mol. The van der Waals surface area contributed by atoms with Gasteiger partial charge in [-0.15, -0.1) is 0 Å². The van der Waals surface area contributed by atoms with Crippen molar-refractivity contribution in [3.05, 3.63) is 38.9 Å². The Balaban J connectivity index is 2.85. The van der Waals surface area contributed by atoms with E-state index < -0.39 is 16.9 Å². The summed E-state index contributed by atoms with van der Waals surface area (Å²) >= 11 is 5.79. The van der Waals surface area contributed by atoms with Crippen LogP contribution in [0, 0.1) is 10.1 Å². The molecular weight excluding hydrogens is 276 g/mol. The van der Waals surface area contributed by atoms with E-state index >= 15 is 0 Å². The number of hydrogen-bond acceptors (Lipinski definition) is 5. The van der Waals surface area contributed by atoms with Crippen LogP contribution in [0.5, 0.6) is 0 Å². The van der Waals surface area contributed by atoms with Crippen molar-refractivity contribution >= 4 is 23.2 Å². The van der Waals surface area contributed by atoms with Crippen LogP contribution in [0.15, 0.2) is 18.2 Å². The fourth-order valence-electron chi connectivity index (χ4n) is 1.44. The number of ether oxygens (including phenoxy) is 1. The number of carbonyl (C=O) groups is 1. The number of nitrogens with one attached hydrogen (secondary N) is 1. The Morgan fingerprint density at radius 2 is 2.32 bits per heavy atom. The Labute approximate surface area is 114 Å². The highest BCUT2D eigenvalue weighted by Crippen LogP contribution is 2.25. The zero-order valence-electron chi connectivity index (χ0n) is 10.1. The molecule has 7 nitrogen and oxygen atoms in total. The van der Waals surface area contributed by atoms with Crippen molar-refractivity contribution in [2.75, 3.05) is 20.3 Å². The third-order valence-corrected chi connectivity index (χ3v) is 2.59. The topological polar surface area (TPSA) is 102 Å². The zero-order chi connectivity index (χ0) is 14.4. The number of nitro groups is 1. The van der Waals surface area contributed by atoms with Gasteiger partial charge in [-0.3, -0.25) is 14.9 Å². The summed E-state index contributed by atoms with van der Waals surface area (Å²) in [5.74, 6) is -0.715. The van der Waals surface area contributed by atoms with E-state index in [9.17, 15) is 20.0 Å². The Morgan fingerprint density at radius 1 is 1.63 bits per heavy atom. The first-order chi connectivity index (χ1) is 8.97. The molecular formula is C11H13ClN2O5. The zero-order valence-corrected chi connectivity index (χ0v) is 10.9. The fraction of sp³-hybridized carbons (Fsp3) is 0.364. The maximum absolute atomic E-state index is 11.8. The summed E-state index contributed by atoms with van der Waals surface area (Å²) in [5, 5.41) is 22.5. The van der Waals surface area contributed by atoms with Gasteiger partial charge < -0.3 is 15.2 Å². The molecule has 0 spiro atoms. The van der Waals surface area contributed by atoms with Crippen LogP contribution < -0.4 is 5.32 Å². The van der Waals surface area contributed by atoms with Gasteiger partial charge >= 0.3 is 0 Å². The van der Waals surface area contributed by atoms with Gasteiger partial charge in [0, 0.05) is 19.7 Å². The third kappa shape index (κ3) is 4.16. The first kappa shape index (κ1) is 15.4. The lowest BCUT2D eigenvalue weighted by atomic mass is 10.1. The van der Waals surface area contributed by atoms with Crippen LogP contribution in [-0.4, -0.2) is 42.3 Å². The average Bonchev–Trinajstić information content (AvgIpc) is 2.36. The molecule has 0 aliphatic carbocycles. The standard InChI is InChI=1S/C11H13ClN2O5/c1-19-6-7(15)5-13-11(16)10-8(12)3-2-4-9(10)14(17)18/h2-4,7,15H,5-6H2,1H3,(H,13,16). The van der Waals surface area contributed by atoms with Crippen LogP contribution in [0.3, 0.4) is 0 Å². The lowest BCUT2D eigenvalue weighted by molar-refractivity contribution is -0.385. The van der Waals surface area contributed by atoms with Gasteiger partial charge in [-0.25, -0.2) is 0 Å². The number of nitro benzene ring substituents is 1. The molecule has 1 unspecified atom stereocenters. The number of aliphatic hydroxyl groups is 1. The molecule has 19 heavy (non-hydrogen) atoms. The van der Waals surface area contributed by atoms with Gasteiger partial charge in [-0.2, -0.15) is 0 Å². The van der Waals surface area contributed by atoms with E-state index in [-0.39, 0.29) is 29.4 Å². The van der Waals surface area contributed by atoms with Crippen molar-refractivity contribution in [2.24, 2.45) is 0 Å². The van der Waals surface area contributed by atoms with Crippen LogP contribution in [0.25, 0.3) is 0 Å². The maximum Gasteiger partial charge on any atom is 0.283 e. The van der Waals surface area contributed by atoms with Crippen LogP contribution in [-0.2, 0) is 4.74 Å². The minimum Gasteiger partial charge on any atom is -0.389 e. The van der Waals surface area contributed by atoms with Crippen molar-refractivity contribution in [3.63, 3.8) is 0 Å². The highest BCUT2D eigenvalue weighted by molar-refractivity contribution is 6.34. The molecule has 0 fully saturated rings. The van der Waals surface area contributed by atoms with Crippen LogP contribution in [0.1, 0.15) is 10.4 Å². The van der Waals surface area contributed by atoms with Gasteiger partial charge in [-0.1, -0.05) is 17.7 Å². The van der Waals surface area contributed by atoms with E-state index in [1.165, 1.54) is 25.3 Å². The number of benzene rings is 1. The van der Waals surface area contributed by atoms with Crippen LogP contribution >= 0.6 is 11.6 Å². The first-order valence-electron chi connectivity index (χ1n) is 5.35. The van der Waals surface area contributed by atoms with E-state index in [0.717, 1.165) is 0 Å². The Kier molecular flexibility index (Phi) is 5.68. The number of carbonyl (C=O) groups excluding carboxylic acids is 1. The molecule has 0 aliphatic heterocycles. The summed E-state index contributed by atoms with van der Waals surface area (Å²) in [7, 11) is 1.41. The number of methoxy groups -OCH3 is 1. The minimum absolute atomic E-state index is 0.0204. The molecule has 104 valence electrons. The number of rotatable bonds is 6. The summed E-state index contributed by atoms with van der Waals surface area (Å²) in [5.41, 5.74) is -0.606. The first-order valence-corrected chi connectivity index (χ1v) is 5.73. The predicted octanol–water partition coefficient (Wildman–Crippen LogP) is 0.985. The Bertz CT molecular complexity index is 480. The molecule has 0 heterocycles. The summed E-state index contributed by atoms with van der Waals surface area (Å²) < 4.78 is 4.69. The predicted molar refractivity (Wildman–Crippen MR) is 68.3 cm³/mol. The highest BCUT2D eigenvalue weighted by Gasteiger charge is 2.23. The Morgan fingerprint density at radius 3 is 2.89 bits per heavy atom. The number of amides is 1. The van der Waals surface area contributed by atoms with Gasteiger partial charge in [0.25, 0.3) is 11.6 Å². The largest absolute Gasteiger partial charge is 0.389 e. The van der Waals surface area contributed by atoms with Crippen molar-refractivity contribution in [1.29, 1.82) is 0 Å².